The molecule has 0 aliphatic carbocycles. The van der Waals surface area contributed by atoms with E-state index in [1.54, 1.807) is 0 Å². The van der Waals surface area contributed by atoms with Crippen LogP contribution in [0.1, 0.15) is 36.0 Å². The Morgan fingerprint density at radius 1 is 1.12 bits per heavy atom. The third kappa shape index (κ3) is 4.85. The summed E-state index contributed by atoms with van der Waals surface area (Å²) in [5.41, 5.74) is -2.46. The van der Waals surface area contributed by atoms with Crippen LogP contribution in [0, 0.1) is 5.41 Å². The van der Waals surface area contributed by atoms with E-state index in [-0.39, 0.29) is 37.0 Å². The number of carboxylic acids is 2. The SMILES string of the molecule is COCC(=O)C(CCCCC(=O)O)(C(=O)O)C(=O)c1cncc(OC)c1. The molecular formula is C17H21NO8. The van der Waals surface area contributed by atoms with Crippen LogP contribution in [0.3, 0.4) is 0 Å². The normalized spacial score (nSPS) is 12.8. The van der Waals surface area contributed by atoms with Crippen molar-refractivity contribution in [3.63, 3.8) is 0 Å². The Morgan fingerprint density at radius 2 is 1.81 bits per heavy atom. The molecule has 0 spiro atoms. The van der Waals surface area contributed by atoms with E-state index >= 15 is 0 Å². The van der Waals surface area contributed by atoms with Gasteiger partial charge < -0.3 is 19.7 Å². The number of unbranched alkanes of at least 4 members (excludes halogenated alkanes) is 1. The summed E-state index contributed by atoms with van der Waals surface area (Å²) in [5, 5.41) is 18.4. The van der Waals surface area contributed by atoms with Gasteiger partial charge in [-0.2, -0.15) is 0 Å². The zero-order valence-electron chi connectivity index (χ0n) is 14.6. The van der Waals surface area contributed by atoms with Gasteiger partial charge in [0.2, 0.25) is 0 Å². The number of rotatable bonds is 12. The maximum atomic E-state index is 13.0. The van der Waals surface area contributed by atoms with Crippen LogP contribution < -0.4 is 4.74 Å². The summed E-state index contributed by atoms with van der Waals surface area (Å²) in [6.07, 6.45) is 2.16. The first-order valence-corrected chi connectivity index (χ1v) is 7.80. The molecule has 9 nitrogen and oxygen atoms in total. The Kier molecular flexibility index (Phi) is 7.85. The Labute approximate surface area is 149 Å². The van der Waals surface area contributed by atoms with Crippen LogP contribution in [0.2, 0.25) is 0 Å². The smallest absolute Gasteiger partial charge is 0.325 e. The van der Waals surface area contributed by atoms with E-state index < -0.39 is 35.5 Å². The maximum Gasteiger partial charge on any atom is 0.325 e. The summed E-state index contributed by atoms with van der Waals surface area (Å²) in [6.45, 7) is -0.561. The van der Waals surface area contributed by atoms with Crippen molar-refractivity contribution in [2.45, 2.75) is 25.7 Å². The molecule has 9 heteroatoms. The van der Waals surface area contributed by atoms with E-state index in [1.807, 2.05) is 0 Å². The van der Waals surface area contributed by atoms with Crippen LogP contribution in [0.5, 0.6) is 5.75 Å². The molecule has 1 aromatic rings. The van der Waals surface area contributed by atoms with Crippen molar-refractivity contribution < 1.29 is 38.9 Å². The number of carboxylic acid groups (broad SMARTS) is 2. The molecule has 0 saturated carbocycles. The predicted octanol–water partition coefficient (Wildman–Crippen LogP) is 1.20. The van der Waals surface area contributed by atoms with Crippen molar-refractivity contribution in [3.05, 3.63) is 24.0 Å². The number of Topliss-reactive ketones (excluding diaryl/α,β-unsaturated/α-hetero) is 2. The molecule has 1 atom stereocenters. The number of carbonyl (C=O) groups excluding carboxylic acids is 2. The molecule has 0 saturated heterocycles. The lowest BCUT2D eigenvalue weighted by atomic mass is 9.73. The Balaban J connectivity index is 3.26. The molecule has 26 heavy (non-hydrogen) atoms. The molecule has 0 aliphatic heterocycles. The van der Waals surface area contributed by atoms with E-state index in [1.165, 1.54) is 26.5 Å². The molecule has 0 amide bonds. The summed E-state index contributed by atoms with van der Waals surface area (Å²) in [6, 6.07) is 1.30. The largest absolute Gasteiger partial charge is 0.495 e. The van der Waals surface area contributed by atoms with Gasteiger partial charge in [0.25, 0.3) is 0 Å². The minimum Gasteiger partial charge on any atom is -0.495 e. The molecule has 0 radical (unpaired) electrons. The molecule has 1 rings (SSSR count). The molecular weight excluding hydrogens is 346 g/mol. The van der Waals surface area contributed by atoms with Gasteiger partial charge in [-0.05, 0) is 18.9 Å². The van der Waals surface area contributed by atoms with Gasteiger partial charge in [-0.1, -0.05) is 6.42 Å². The molecule has 142 valence electrons. The van der Waals surface area contributed by atoms with E-state index in [0.29, 0.717) is 0 Å². The highest BCUT2D eigenvalue weighted by Gasteiger charge is 2.52. The van der Waals surface area contributed by atoms with E-state index in [2.05, 4.69) is 4.98 Å². The first-order valence-electron chi connectivity index (χ1n) is 7.80. The van der Waals surface area contributed by atoms with Crippen molar-refractivity contribution in [2.75, 3.05) is 20.8 Å². The van der Waals surface area contributed by atoms with Gasteiger partial charge >= 0.3 is 11.9 Å². The van der Waals surface area contributed by atoms with Crippen molar-refractivity contribution in [3.8, 4) is 5.75 Å². The molecule has 0 bridgehead atoms. The van der Waals surface area contributed by atoms with Gasteiger partial charge in [0.05, 0.1) is 13.3 Å². The second-order valence-electron chi connectivity index (χ2n) is 5.61. The lowest BCUT2D eigenvalue weighted by Crippen LogP contribution is -2.48. The average molecular weight is 367 g/mol. The third-order valence-electron chi connectivity index (χ3n) is 3.91. The van der Waals surface area contributed by atoms with Crippen LogP contribution in [0.4, 0.5) is 0 Å². The number of ether oxygens (including phenoxy) is 2. The van der Waals surface area contributed by atoms with Crippen LogP contribution in [-0.4, -0.2) is 59.5 Å². The molecule has 0 fully saturated rings. The summed E-state index contributed by atoms with van der Waals surface area (Å²) in [4.78, 5) is 51.9. The van der Waals surface area contributed by atoms with Gasteiger partial charge in [0.15, 0.2) is 17.0 Å². The van der Waals surface area contributed by atoms with Crippen LogP contribution in [-0.2, 0) is 19.1 Å². The third-order valence-corrected chi connectivity index (χ3v) is 3.91. The number of aliphatic carboxylic acids is 2. The Morgan fingerprint density at radius 3 is 2.35 bits per heavy atom. The second kappa shape index (κ2) is 9.62. The second-order valence-corrected chi connectivity index (χ2v) is 5.61. The number of pyridine rings is 1. The fraction of sp³-hybridized carbons (Fsp3) is 0.471. The van der Waals surface area contributed by atoms with E-state index in [9.17, 15) is 24.3 Å². The number of hydrogen-bond donors (Lipinski definition) is 2. The molecule has 1 aromatic heterocycles. The quantitative estimate of drug-likeness (QED) is 0.317. The number of nitrogens with zero attached hydrogens (tertiary/aromatic N) is 1. The van der Waals surface area contributed by atoms with Crippen LogP contribution >= 0.6 is 0 Å². The van der Waals surface area contributed by atoms with Gasteiger partial charge in [0.1, 0.15) is 12.4 Å². The van der Waals surface area contributed by atoms with Crippen molar-refractivity contribution >= 4 is 23.5 Å². The van der Waals surface area contributed by atoms with Gasteiger partial charge in [-0.3, -0.25) is 24.2 Å². The van der Waals surface area contributed by atoms with Crippen LogP contribution in [0.15, 0.2) is 18.5 Å². The van der Waals surface area contributed by atoms with Gasteiger partial charge in [0, 0.05) is 25.3 Å². The lowest BCUT2D eigenvalue weighted by Gasteiger charge is -2.26. The first kappa shape index (κ1) is 21.2. The predicted molar refractivity (Wildman–Crippen MR) is 88.2 cm³/mol. The van der Waals surface area contributed by atoms with E-state index in [0.717, 1.165) is 6.20 Å². The van der Waals surface area contributed by atoms with Gasteiger partial charge in [-0.25, -0.2) is 0 Å². The van der Waals surface area contributed by atoms with E-state index in [4.69, 9.17) is 14.6 Å². The summed E-state index contributed by atoms with van der Waals surface area (Å²) >= 11 is 0. The highest BCUT2D eigenvalue weighted by Crippen LogP contribution is 2.32. The number of hydrogen-bond acceptors (Lipinski definition) is 7. The highest BCUT2D eigenvalue weighted by molar-refractivity contribution is 6.27. The van der Waals surface area contributed by atoms with Gasteiger partial charge in [-0.15, -0.1) is 0 Å². The minimum absolute atomic E-state index is 0.0667. The molecule has 0 aromatic carbocycles. The fourth-order valence-electron chi connectivity index (χ4n) is 2.52. The number of aromatic nitrogens is 1. The van der Waals surface area contributed by atoms with Crippen molar-refractivity contribution in [1.82, 2.24) is 4.98 Å². The summed E-state index contributed by atoms with van der Waals surface area (Å²) < 4.78 is 9.71. The fourth-order valence-corrected chi connectivity index (χ4v) is 2.52. The standard InChI is InChI=1S/C17H21NO8/c1-25-10-13(19)17(16(23)24,6-4-3-5-14(20)21)15(22)11-7-12(26-2)9-18-8-11/h7-9H,3-6,10H2,1-2H3,(H,20,21)(H,23,24). The molecule has 0 aliphatic rings. The van der Waals surface area contributed by atoms with Crippen molar-refractivity contribution in [2.24, 2.45) is 5.41 Å². The zero-order valence-corrected chi connectivity index (χ0v) is 14.6. The highest BCUT2D eigenvalue weighted by atomic mass is 16.5. The summed E-state index contributed by atoms with van der Waals surface area (Å²) in [7, 11) is 2.57. The van der Waals surface area contributed by atoms with Crippen LogP contribution in [0.25, 0.3) is 0 Å². The minimum atomic E-state index is -2.37. The zero-order chi connectivity index (χ0) is 19.7. The number of methoxy groups -OCH3 is 2. The Hall–Kier alpha value is -2.81. The number of ketones is 2. The summed E-state index contributed by atoms with van der Waals surface area (Å²) in [5.74, 6) is -4.26. The lowest BCUT2D eigenvalue weighted by molar-refractivity contribution is -0.153. The average Bonchev–Trinajstić information content (AvgIpc) is 2.61. The Bertz CT molecular complexity index is 687. The number of carbonyl (C=O) groups is 4. The topological polar surface area (TPSA) is 140 Å². The molecule has 2 N–H and O–H groups in total. The molecule has 1 unspecified atom stereocenters. The maximum absolute atomic E-state index is 13.0. The first-order chi connectivity index (χ1) is 12.3. The van der Waals surface area contributed by atoms with Crippen molar-refractivity contribution in [1.29, 1.82) is 0 Å². The molecule has 1 heterocycles. The monoisotopic (exact) mass is 367 g/mol.